The first-order valence-electron chi connectivity index (χ1n) is 6.45. The number of carbonyl (C=O) groups excluding carboxylic acids is 1. The number of rotatable bonds is 3. The predicted octanol–water partition coefficient (Wildman–Crippen LogP) is 3.01. The van der Waals surface area contributed by atoms with Crippen molar-refractivity contribution in [2.75, 3.05) is 11.1 Å². The Kier molecular flexibility index (Phi) is 2.95. The molecule has 0 bridgehead atoms. The van der Waals surface area contributed by atoms with Crippen molar-refractivity contribution in [1.82, 2.24) is 0 Å². The molecule has 19 heavy (non-hydrogen) atoms. The molecule has 2 atom stereocenters. The molecular weight excluding hydrogens is 236 g/mol. The highest BCUT2D eigenvalue weighted by molar-refractivity contribution is 5.95. The Morgan fingerprint density at radius 3 is 2.42 bits per heavy atom. The van der Waals surface area contributed by atoms with Gasteiger partial charge in [-0.1, -0.05) is 30.3 Å². The zero-order chi connectivity index (χ0) is 13.2. The van der Waals surface area contributed by atoms with Crippen molar-refractivity contribution < 1.29 is 4.79 Å². The number of hydrogen-bond donors (Lipinski definition) is 2. The number of nitrogens with one attached hydrogen (secondary N) is 1. The number of carbonyl (C=O) groups is 1. The van der Waals surface area contributed by atoms with Gasteiger partial charge < -0.3 is 11.1 Å². The Balaban J connectivity index is 1.63. The Morgan fingerprint density at radius 2 is 1.74 bits per heavy atom. The summed E-state index contributed by atoms with van der Waals surface area (Å²) in [5.41, 5.74) is 8.37. The van der Waals surface area contributed by atoms with Crippen molar-refractivity contribution in [1.29, 1.82) is 0 Å². The summed E-state index contributed by atoms with van der Waals surface area (Å²) < 4.78 is 0. The molecular formula is C16H16N2O. The van der Waals surface area contributed by atoms with Crippen LogP contribution in [0, 0.1) is 5.92 Å². The van der Waals surface area contributed by atoms with Gasteiger partial charge in [0, 0.05) is 17.3 Å². The maximum absolute atomic E-state index is 12.1. The van der Waals surface area contributed by atoms with Gasteiger partial charge in [-0.05, 0) is 42.2 Å². The van der Waals surface area contributed by atoms with Crippen LogP contribution in [0.5, 0.6) is 0 Å². The van der Waals surface area contributed by atoms with E-state index in [1.807, 2.05) is 30.3 Å². The molecule has 1 saturated carbocycles. The van der Waals surface area contributed by atoms with Gasteiger partial charge in [-0.25, -0.2) is 0 Å². The number of nitrogen functional groups attached to an aromatic ring is 1. The van der Waals surface area contributed by atoms with Gasteiger partial charge >= 0.3 is 0 Å². The lowest BCUT2D eigenvalue weighted by atomic mass is 10.1. The third-order valence-electron chi connectivity index (χ3n) is 3.53. The number of amides is 1. The van der Waals surface area contributed by atoms with Gasteiger partial charge in [-0.2, -0.15) is 0 Å². The van der Waals surface area contributed by atoms with E-state index in [1.54, 1.807) is 12.1 Å². The fraction of sp³-hybridized carbons (Fsp3) is 0.188. The van der Waals surface area contributed by atoms with Crippen LogP contribution in [0.15, 0.2) is 54.6 Å². The van der Waals surface area contributed by atoms with Crippen molar-refractivity contribution in [3.8, 4) is 0 Å². The molecule has 0 radical (unpaired) electrons. The zero-order valence-electron chi connectivity index (χ0n) is 10.5. The Hall–Kier alpha value is -2.29. The first kappa shape index (κ1) is 11.8. The minimum absolute atomic E-state index is 0.0959. The first-order chi connectivity index (χ1) is 9.24. The van der Waals surface area contributed by atoms with Gasteiger partial charge in [0.2, 0.25) is 5.91 Å². The molecule has 3 nitrogen and oxygen atoms in total. The van der Waals surface area contributed by atoms with Crippen LogP contribution >= 0.6 is 0 Å². The molecule has 3 heteroatoms. The second-order valence-electron chi connectivity index (χ2n) is 4.97. The molecule has 2 aromatic carbocycles. The highest BCUT2D eigenvalue weighted by atomic mass is 16.2. The summed E-state index contributed by atoms with van der Waals surface area (Å²) in [5.74, 6) is 0.563. The largest absolute Gasteiger partial charge is 0.399 e. The number of anilines is 2. The summed E-state index contributed by atoms with van der Waals surface area (Å²) in [6.07, 6.45) is 0.935. The lowest BCUT2D eigenvalue weighted by Gasteiger charge is -2.05. The molecule has 0 saturated heterocycles. The Morgan fingerprint density at radius 1 is 1.05 bits per heavy atom. The van der Waals surface area contributed by atoms with Crippen LogP contribution in [0.1, 0.15) is 17.9 Å². The van der Waals surface area contributed by atoms with Gasteiger partial charge in [0.05, 0.1) is 0 Å². The number of benzene rings is 2. The summed E-state index contributed by atoms with van der Waals surface area (Å²) in [5, 5.41) is 2.94. The summed E-state index contributed by atoms with van der Waals surface area (Å²) in [4.78, 5) is 12.1. The smallest absolute Gasteiger partial charge is 0.228 e. The average molecular weight is 252 g/mol. The van der Waals surface area contributed by atoms with E-state index < -0.39 is 0 Å². The summed E-state index contributed by atoms with van der Waals surface area (Å²) >= 11 is 0. The fourth-order valence-electron chi connectivity index (χ4n) is 2.35. The maximum Gasteiger partial charge on any atom is 0.228 e. The van der Waals surface area contributed by atoms with Crippen molar-refractivity contribution >= 4 is 17.3 Å². The maximum atomic E-state index is 12.1. The molecule has 1 amide bonds. The minimum atomic E-state index is 0.0959. The molecule has 3 rings (SSSR count). The molecule has 1 aliphatic carbocycles. The molecule has 96 valence electrons. The first-order valence-corrected chi connectivity index (χ1v) is 6.45. The SMILES string of the molecule is Nc1ccc(NC(=O)C2CC2c2ccccc2)cc1. The van der Waals surface area contributed by atoms with Crippen LogP contribution in [0.4, 0.5) is 11.4 Å². The van der Waals surface area contributed by atoms with Gasteiger partial charge in [0.15, 0.2) is 0 Å². The third kappa shape index (κ3) is 2.60. The fourth-order valence-corrected chi connectivity index (χ4v) is 2.35. The van der Waals surface area contributed by atoms with Gasteiger partial charge in [-0.3, -0.25) is 4.79 Å². The van der Waals surface area contributed by atoms with Gasteiger partial charge in [0.25, 0.3) is 0 Å². The Labute approximate surface area is 112 Å². The van der Waals surface area contributed by atoms with E-state index in [1.165, 1.54) is 5.56 Å². The molecule has 1 aliphatic rings. The molecule has 3 N–H and O–H groups in total. The quantitative estimate of drug-likeness (QED) is 0.825. The normalized spacial score (nSPS) is 20.8. The van der Waals surface area contributed by atoms with Crippen LogP contribution in [0.2, 0.25) is 0 Å². The van der Waals surface area contributed by atoms with Gasteiger partial charge in [-0.15, -0.1) is 0 Å². The van der Waals surface area contributed by atoms with E-state index in [4.69, 9.17) is 5.73 Å². The molecule has 0 heterocycles. The van der Waals surface area contributed by atoms with Crippen LogP contribution < -0.4 is 11.1 Å². The highest BCUT2D eigenvalue weighted by Gasteiger charge is 2.43. The van der Waals surface area contributed by atoms with Crippen LogP contribution in [0.3, 0.4) is 0 Å². The van der Waals surface area contributed by atoms with Crippen LogP contribution in [-0.4, -0.2) is 5.91 Å². The molecule has 2 unspecified atom stereocenters. The minimum Gasteiger partial charge on any atom is -0.399 e. The van der Waals surface area contributed by atoms with Crippen molar-refractivity contribution in [2.24, 2.45) is 5.92 Å². The van der Waals surface area contributed by atoms with E-state index in [0.717, 1.165) is 12.1 Å². The standard InChI is InChI=1S/C16H16N2O/c17-12-6-8-13(9-7-12)18-16(19)15-10-14(15)11-4-2-1-3-5-11/h1-9,14-15H,10,17H2,(H,18,19). The van der Waals surface area contributed by atoms with Crippen molar-refractivity contribution in [3.63, 3.8) is 0 Å². The summed E-state index contributed by atoms with van der Waals surface area (Å²) in [6.45, 7) is 0. The predicted molar refractivity (Wildman–Crippen MR) is 76.8 cm³/mol. The van der Waals surface area contributed by atoms with E-state index in [2.05, 4.69) is 17.4 Å². The summed E-state index contributed by atoms with van der Waals surface area (Å²) in [7, 11) is 0. The second kappa shape index (κ2) is 4.76. The molecule has 2 aromatic rings. The van der Waals surface area contributed by atoms with Crippen LogP contribution in [-0.2, 0) is 4.79 Å². The van der Waals surface area contributed by atoms with E-state index >= 15 is 0 Å². The monoisotopic (exact) mass is 252 g/mol. The lowest BCUT2D eigenvalue weighted by Crippen LogP contribution is -2.14. The third-order valence-corrected chi connectivity index (χ3v) is 3.53. The topological polar surface area (TPSA) is 55.1 Å². The summed E-state index contributed by atoms with van der Waals surface area (Å²) in [6, 6.07) is 17.4. The molecule has 0 aromatic heterocycles. The average Bonchev–Trinajstić information content (AvgIpc) is 3.23. The second-order valence-corrected chi connectivity index (χ2v) is 4.97. The van der Waals surface area contributed by atoms with E-state index in [-0.39, 0.29) is 11.8 Å². The zero-order valence-corrected chi connectivity index (χ0v) is 10.5. The molecule has 0 aliphatic heterocycles. The molecule has 1 fully saturated rings. The van der Waals surface area contributed by atoms with E-state index in [9.17, 15) is 4.79 Å². The van der Waals surface area contributed by atoms with Crippen molar-refractivity contribution in [2.45, 2.75) is 12.3 Å². The van der Waals surface area contributed by atoms with Crippen LogP contribution in [0.25, 0.3) is 0 Å². The number of nitrogens with two attached hydrogens (primary N) is 1. The van der Waals surface area contributed by atoms with Gasteiger partial charge in [0.1, 0.15) is 0 Å². The highest BCUT2D eigenvalue weighted by Crippen LogP contribution is 2.47. The lowest BCUT2D eigenvalue weighted by molar-refractivity contribution is -0.117. The molecule has 0 spiro atoms. The van der Waals surface area contributed by atoms with E-state index in [0.29, 0.717) is 11.6 Å². The number of hydrogen-bond acceptors (Lipinski definition) is 2. The van der Waals surface area contributed by atoms with Crippen molar-refractivity contribution in [3.05, 3.63) is 60.2 Å². The Bertz CT molecular complexity index is 577.